The minimum Gasteiger partial charge on any atom is -0.494 e. The topological polar surface area (TPSA) is 106 Å². The average molecular weight is 611 g/mol. The Hall–Kier alpha value is -4.47. The molecule has 2 aliphatic heterocycles. The molecule has 8 nitrogen and oxygen atoms in total. The number of sulfone groups is 1. The van der Waals surface area contributed by atoms with Gasteiger partial charge in [0.1, 0.15) is 5.75 Å². The van der Waals surface area contributed by atoms with Crippen LogP contribution in [0.4, 0.5) is 0 Å². The highest BCUT2D eigenvalue weighted by Crippen LogP contribution is 2.45. The van der Waals surface area contributed by atoms with Crippen LogP contribution in [0.3, 0.4) is 0 Å². The van der Waals surface area contributed by atoms with Crippen molar-refractivity contribution in [2.24, 2.45) is 4.99 Å². The first kappa shape index (κ1) is 29.6. The summed E-state index contributed by atoms with van der Waals surface area (Å²) in [6.07, 6.45) is 0.104. The normalized spacial score (nSPS) is 19.7. The van der Waals surface area contributed by atoms with E-state index in [1.54, 1.807) is 35.2 Å². The molecule has 2 aliphatic rings. The van der Waals surface area contributed by atoms with Crippen molar-refractivity contribution < 1.29 is 27.8 Å². The first-order chi connectivity index (χ1) is 21.4. The highest BCUT2D eigenvalue weighted by molar-refractivity contribution is 7.91. The Labute approximate surface area is 257 Å². The summed E-state index contributed by atoms with van der Waals surface area (Å²) in [4.78, 5) is 21.7. The van der Waals surface area contributed by atoms with Crippen molar-refractivity contribution in [1.82, 2.24) is 4.90 Å². The van der Waals surface area contributed by atoms with Crippen LogP contribution in [0.15, 0.2) is 119 Å². The molecule has 0 saturated carbocycles. The lowest BCUT2D eigenvalue weighted by molar-refractivity contribution is -0.139. The van der Waals surface area contributed by atoms with Crippen molar-refractivity contribution in [3.8, 4) is 5.75 Å². The molecule has 1 N–H and O–H groups in total. The molecule has 226 valence electrons. The third-order valence-corrected chi connectivity index (χ3v) is 9.78. The Balaban J connectivity index is 1.39. The molecule has 0 bridgehead atoms. The van der Waals surface area contributed by atoms with Gasteiger partial charge in [-0.2, -0.15) is 0 Å². The Bertz CT molecular complexity index is 1740. The van der Waals surface area contributed by atoms with Crippen LogP contribution in [0.5, 0.6) is 5.75 Å². The smallest absolute Gasteiger partial charge is 0.255 e. The van der Waals surface area contributed by atoms with Crippen molar-refractivity contribution in [1.29, 1.82) is 0 Å². The minimum atomic E-state index is -3.63. The molecule has 0 aromatic heterocycles. The summed E-state index contributed by atoms with van der Waals surface area (Å²) in [7, 11) is -3.63. The third-order valence-electron chi connectivity index (χ3n) is 8.07. The second-order valence-electron chi connectivity index (χ2n) is 11.0. The van der Waals surface area contributed by atoms with E-state index in [9.17, 15) is 13.2 Å². The highest BCUT2D eigenvalue weighted by Gasteiger charge is 2.56. The van der Waals surface area contributed by atoms with Crippen LogP contribution in [0.1, 0.15) is 34.8 Å². The predicted octanol–water partition coefficient (Wildman–Crippen LogP) is 4.76. The number of aliphatic hydroxyl groups excluding tert-OH is 1. The molecule has 44 heavy (non-hydrogen) atoms. The number of carbonyl (C=O) groups is 1. The molecule has 4 aromatic rings. The fraction of sp³-hybridized carbons (Fsp3) is 0.257. The quantitative estimate of drug-likeness (QED) is 0.260. The number of ether oxygens (including phenoxy) is 2. The van der Waals surface area contributed by atoms with Gasteiger partial charge in [0.25, 0.3) is 5.91 Å². The van der Waals surface area contributed by atoms with E-state index in [4.69, 9.17) is 19.6 Å². The molecular weight excluding hydrogens is 576 g/mol. The molecule has 0 aliphatic carbocycles. The van der Waals surface area contributed by atoms with E-state index in [1.165, 1.54) is 0 Å². The second-order valence-corrected chi connectivity index (χ2v) is 13.1. The van der Waals surface area contributed by atoms with E-state index in [2.05, 4.69) is 0 Å². The van der Waals surface area contributed by atoms with Crippen LogP contribution in [0.25, 0.3) is 0 Å². The first-order valence-electron chi connectivity index (χ1n) is 14.7. The summed E-state index contributed by atoms with van der Waals surface area (Å²) < 4.78 is 38.8. The molecule has 4 aromatic carbocycles. The number of aliphatic hydroxyl groups is 1. The summed E-state index contributed by atoms with van der Waals surface area (Å²) in [5.74, 6) is 0.502. The number of hydrogen-bond donors (Lipinski definition) is 1. The largest absolute Gasteiger partial charge is 0.494 e. The lowest BCUT2D eigenvalue weighted by Gasteiger charge is -2.33. The lowest BCUT2D eigenvalue weighted by Crippen LogP contribution is -2.50. The summed E-state index contributed by atoms with van der Waals surface area (Å²) >= 11 is 0. The zero-order valence-corrected chi connectivity index (χ0v) is 25.0. The van der Waals surface area contributed by atoms with E-state index in [0.717, 1.165) is 16.7 Å². The number of fused-ring (bicyclic) bond motifs is 1. The molecule has 0 saturated heterocycles. The van der Waals surface area contributed by atoms with Gasteiger partial charge in [-0.3, -0.25) is 4.79 Å². The zero-order valence-electron chi connectivity index (χ0n) is 24.2. The van der Waals surface area contributed by atoms with Gasteiger partial charge in [-0.15, -0.1) is 0 Å². The molecule has 1 amide bonds. The van der Waals surface area contributed by atoms with Crippen LogP contribution in [0, 0.1) is 0 Å². The lowest BCUT2D eigenvalue weighted by atomic mass is 9.82. The zero-order chi connectivity index (χ0) is 30.6. The molecule has 0 radical (unpaired) electrons. The molecule has 2 heterocycles. The Morgan fingerprint density at radius 3 is 2.25 bits per heavy atom. The third kappa shape index (κ3) is 5.98. The number of benzene rings is 4. The van der Waals surface area contributed by atoms with E-state index < -0.39 is 21.5 Å². The van der Waals surface area contributed by atoms with Gasteiger partial charge in [0.2, 0.25) is 5.90 Å². The van der Waals surface area contributed by atoms with Crippen molar-refractivity contribution in [2.45, 2.75) is 35.9 Å². The fourth-order valence-electron chi connectivity index (χ4n) is 5.78. The van der Waals surface area contributed by atoms with Gasteiger partial charge in [-0.1, -0.05) is 72.8 Å². The summed E-state index contributed by atoms with van der Waals surface area (Å²) in [5, 5.41) is 9.05. The number of aliphatic imine (C=N–C) groups is 1. The maximum atomic E-state index is 14.8. The molecule has 6 rings (SSSR count). The maximum absolute atomic E-state index is 14.8. The average Bonchev–Trinajstić information content (AvgIpc) is 3.39. The van der Waals surface area contributed by atoms with Gasteiger partial charge in [-0.05, 0) is 53.1 Å². The van der Waals surface area contributed by atoms with Crippen molar-refractivity contribution in [3.63, 3.8) is 0 Å². The van der Waals surface area contributed by atoms with Crippen LogP contribution in [-0.2, 0) is 32.3 Å². The summed E-state index contributed by atoms with van der Waals surface area (Å²) in [5.41, 5.74) is 2.07. The van der Waals surface area contributed by atoms with E-state index >= 15 is 0 Å². The number of rotatable bonds is 10. The number of amides is 1. The standard InChI is InChI=1S/C35H34N2O6S/c38-21-9-22-42-30-18-16-27(17-19-30)33-36-35(32(43-33)26-10-3-1-4-11-26)24-28-12-7-8-13-29(28)25-37(34(35)39)20-23-44(40,41)31-14-5-2-6-15-31/h1-8,10-19,32,38H,9,20-25H2/t32-,35-/m1/s1. The SMILES string of the molecule is O=C1N(CCS(=O)(=O)c2ccccc2)Cc2ccccc2C[C@]12N=C(c1ccc(OCCCO)cc1)O[C@@H]2c1ccccc1. The monoisotopic (exact) mass is 610 g/mol. The van der Waals surface area contributed by atoms with Gasteiger partial charge >= 0.3 is 0 Å². The van der Waals surface area contributed by atoms with Crippen LogP contribution in [-0.4, -0.2) is 61.3 Å². The van der Waals surface area contributed by atoms with Gasteiger partial charge in [0.05, 0.1) is 17.3 Å². The van der Waals surface area contributed by atoms with Gasteiger partial charge in [0, 0.05) is 38.1 Å². The van der Waals surface area contributed by atoms with Gasteiger partial charge < -0.3 is 19.5 Å². The van der Waals surface area contributed by atoms with E-state index in [0.29, 0.717) is 36.7 Å². The first-order valence-corrected chi connectivity index (χ1v) is 16.3. The number of hydrogen-bond acceptors (Lipinski definition) is 7. The van der Waals surface area contributed by atoms with Crippen molar-refractivity contribution in [2.75, 3.05) is 25.5 Å². The van der Waals surface area contributed by atoms with E-state index in [-0.39, 0.29) is 36.3 Å². The van der Waals surface area contributed by atoms with Gasteiger partial charge in [0.15, 0.2) is 21.5 Å². The Morgan fingerprint density at radius 2 is 1.55 bits per heavy atom. The second kappa shape index (κ2) is 12.6. The van der Waals surface area contributed by atoms with E-state index in [1.807, 2.05) is 78.9 Å². The molecule has 2 atom stereocenters. The van der Waals surface area contributed by atoms with Crippen molar-refractivity contribution >= 4 is 21.6 Å². The van der Waals surface area contributed by atoms with Crippen LogP contribution >= 0.6 is 0 Å². The molecule has 1 spiro atoms. The predicted molar refractivity (Wildman–Crippen MR) is 167 cm³/mol. The fourth-order valence-corrected chi connectivity index (χ4v) is 7.05. The summed E-state index contributed by atoms with van der Waals surface area (Å²) in [6, 6.07) is 33.0. The highest BCUT2D eigenvalue weighted by atomic mass is 32.2. The molecular formula is C35H34N2O6S. The Kier molecular flexibility index (Phi) is 8.50. The van der Waals surface area contributed by atoms with Crippen LogP contribution in [0.2, 0.25) is 0 Å². The summed E-state index contributed by atoms with van der Waals surface area (Å²) in [6.45, 7) is 0.736. The maximum Gasteiger partial charge on any atom is 0.255 e. The molecule has 0 fully saturated rings. The minimum absolute atomic E-state index is 0.0123. The number of carbonyl (C=O) groups excluding carboxylic acids is 1. The van der Waals surface area contributed by atoms with Crippen molar-refractivity contribution in [3.05, 3.63) is 131 Å². The van der Waals surface area contributed by atoms with Gasteiger partial charge in [-0.25, -0.2) is 13.4 Å². The molecule has 9 heteroatoms. The van der Waals surface area contributed by atoms with Crippen LogP contribution < -0.4 is 4.74 Å². The molecule has 0 unspecified atom stereocenters. The number of nitrogens with zero attached hydrogens (tertiary/aromatic N) is 2. The Morgan fingerprint density at radius 1 is 0.886 bits per heavy atom.